The van der Waals surface area contributed by atoms with Gasteiger partial charge >= 0.3 is 0 Å². The molecule has 3 N–H and O–H groups in total. The third-order valence-electron chi connectivity index (χ3n) is 3.46. The summed E-state index contributed by atoms with van der Waals surface area (Å²) in [6.45, 7) is 7.31. The second kappa shape index (κ2) is 6.97. The summed E-state index contributed by atoms with van der Waals surface area (Å²) in [4.78, 5) is 11.9. The van der Waals surface area contributed by atoms with Gasteiger partial charge in [-0.15, -0.1) is 0 Å². The number of hydrogen-bond donors (Lipinski definition) is 2. The summed E-state index contributed by atoms with van der Waals surface area (Å²) >= 11 is 0. The molecule has 0 aromatic carbocycles. The molecule has 0 bridgehead atoms. The van der Waals surface area contributed by atoms with Gasteiger partial charge in [0.2, 0.25) is 5.91 Å². The molecule has 1 rings (SSSR count). The minimum Gasteiger partial charge on any atom is -0.377 e. The molecule has 0 spiro atoms. The highest BCUT2D eigenvalue weighted by Crippen LogP contribution is 2.27. The first kappa shape index (κ1) is 14.5. The number of amides is 1. The molecular weight excluding hydrogens is 216 g/mol. The molecule has 1 fully saturated rings. The fourth-order valence-electron chi connectivity index (χ4n) is 2.27. The summed E-state index contributed by atoms with van der Waals surface area (Å²) in [6.07, 6.45) is 3.02. The summed E-state index contributed by atoms with van der Waals surface area (Å²) < 4.78 is 5.38. The fraction of sp³-hybridized carbons (Fsp3) is 0.923. The van der Waals surface area contributed by atoms with Crippen molar-refractivity contribution in [1.29, 1.82) is 0 Å². The Morgan fingerprint density at radius 3 is 2.76 bits per heavy atom. The molecule has 4 heteroatoms. The van der Waals surface area contributed by atoms with Crippen molar-refractivity contribution in [2.75, 3.05) is 13.2 Å². The molecule has 4 nitrogen and oxygen atoms in total. The lowest BCUT2D eigenvalue weighted by molar-refractivity contribution is -0.126. The molecule has 1 amide bonds. The van der Waals surface area contributed by atoms with Crippen LogP contribution in [0.2, 0.25) is 0 Å². The molecule has 100 valence electrons. The molecule has 0 heterocycles. The molecule has 0 radical (unpaired) electrons. The van der Waals surface area contributed by atoms with E-state index in [2.05, 4.69) is 12.2 Å². The fourth-order valence-corrected chi connectivity index (χ4v) is 2.27. The predicted octanol–water partition coefficient (Wildman–Crippen LogP) is 1.29. The van der Waals surface area contributed by atoms with Crippen LogP contribution in [0.1, 0.15) is 40.0 Å². The van der Waals surface area contributed by atoms with E-state index in [1.54, 1.807) is 0 Å². The highest BCUT2D eigenvalue weighted by Gasteiger charge is 2.29. The van der Waals surface area contributed by atoms with Crippen molar-refractivity contribution in [1.82, 2.24) is 5.32 Å². The van der Waals surface area contributed by atoms with Crippen LogP contribution in [0, 0.1) is 11.8 Å². The molecule has 0 aromatic heterocycles. The second-order valence-corrected chi connectivity index (χ2v) is 5.36. The zero-order chi connectivity index (χ0) is 12.8. The van der Waals surface area contributed by atoms with Gasteiger partial charge in [0, 0.05) is 18.5 Å². The normalized spacial score (nSPS) is 29.4. The zero-order valence-corrected chi connectivity index (χ0v) is 11.2. The summed E-state index contributed by atoms with van der Waals surface area (Å²) in [5.41, 5.74) is 5.94. The lowest BCUT2D eigenvalue weighted by Gasteiger charge is -2.31. The highest BCUT2D eigenvalue weighted by molar-refractivity contribution is 5.78. The van der Waals surface area contributed by atoms with Gasteiger partial charge in [-0.05, 0) is 39.0 Å². The first-order valence-corrected chi connectivity index (χ1v) is 6.65. The lowest BCUT2D eigenvalue weighted by atomic mass is 9.79. The molecule has 0 aliphatic heterocycles. The predicted molar refractivity (Wildman–Crippen MR) is 68.6 cm³/mol. The molecule has 3 atom stereocenters. The van der Waals surface area contributed by atoms with Crippen molar-refractivity contribution in [3.63, 3.8) is 0 Å². The van der Waals surface area contributed by atoms with Crippen LogP contribution in [0.25, 0.3) is 0 Å². The molecule has 3 unspecified atom stereocenters. The SMILES string of the molecule is CC(C)OCCNC(=O)C1CCC(N)C(C)C1. The molecular formula is C13H26N2O2. The largest absolute Gasteiger partial charge is 0.377 e. The van der Waals surface area contributed by atoms with E-state index in [9.17, 15) is 4.79 Å². The Kier molecular flexibility index (Phi) is 5.92. The Bertz CT molecular complexity index is 244. The van der Waals surface area contributed by atoms with Gasteiger partial charge in [0.1, 0.15) is 0 Å². The van der Waals surface area contributed by atoms with E-state index in [0.29, 0.717) is 19.1 Å². The monoisotopic (exact) mass is 242 g/mol. The maximum absolute atomic E-state index is 11.9. The number of carbonyl (C=O) groups is 1. The number of nitrogens with two attached hydrogens (primary N) is 1. The minimum absolute atomic E-state index is 0.142. The molecule has 17 heavy (non-hydrogen) atoms. The van der Waals surface area contributed by atoms with E-state index in [4.69, 9.17) is 10.5 Å². The highest BCUT2D eigenvalue weighted by atomic mass is 16.5. The van der Waals surface area contributed by atoms with E-state index in [0.717, 1.165) is 19.3 Å². The van der Waals surface area contributed by atoms with Crippen molar-refractivity contribution in [2.45, 2.75) is 52.2 Å². The second-order valence-electron chi connectivity index (χ2n) is 5.36. The van der Waals surface area contributed by atoms with Crippen LogP contribution in [0.3, 0.4) is 0 Å². The van der Waals surface area contributed by atoms with Gasteiger partial charge in [0.05, 0.1) is 12.7 Å². The summed E-state index contributed by atoms with van der Waals surface area (Å²) in [5, 5.41) is 2.94. The van der Waals surface area contributed by atoms with Crippen molar-refractivity contribution in [3.05, 3.63) is 0 Å². The molecule has 1 saturated carbocycles. The maximum Gasteiger partial charge on any atom is 0.223 e. The van der Waals surface area contributed by atoms with Crippen LogP contribution in [-0.4, -0.2) is 31.2 Å². The maximum atomic E-state index is 11.9. The van der Waals surface area contributed by atoms with Crippen LogP contribution in [0.15, 0.2) is 0 Å². The summed E-state index contributed by atoms with van der Waals surface area (Å²) in [7, 11) is 0. The Morgan fingerprint density at radius 1 is 1.47 bits per heavy atom. The summed E-state index contributed by atoms with van der Waals surface area (Å²) in [5.74, 6) is 0.756. The Hall–Kier alpha value is -0.610. The molecule has 1 aliphatic rings. The van der Waals surface area contributed by atoms with E-state index in [-0.39, 0.29) is 24.0 Å². The van der Waals surface area contributed by atoms with Crippen LogP contribution in [-0.2, 0) is 9.53 Å². The average Bonchev–Trinajstić information content (AvgIpc) is 2.27. The minimum atomic E-state index is 0.142. The quantitative estimate of drug-likeness (QED) is 0.714. The van der Waals surface area contributed by atoms with Crippen LogP contribution >= 0.6 is 0 Å². The van der Waals surface area contributed by atoms with Crippen LogP contribution < -0.4 is 11.1 Å². The summed E-state index contributed by atoms with van der Waals surface area (Å²) in [6, 6.07) is 0.267. The molecule has 0 aromatic rings. The molecule has 0 saturated heterocycles. The van der Waals surface area contributed by atoms with E-state index in [1.807, 2.05) is 13.8 Å². The van der Waals surface area contributed by atoms with Gasteiger partial charge < -0.3 is 15.8 Å². The first-order chi connectivity index (χ1) is 8.00. The Balaban J connectivity index is 2.19. The number of nitrogens with one attached hydrogen (secondary N) is 1. The molecule has 1 aliphatic carbocycles. The smallest absolute Gasteiger partial charge is 0.223 e. The Labute approximate surface area is 104 Å². The van der Waals surface area contributed by atoms with Gasteiger partial charge in [-0.3, -0.25) is 4.79 Å². The number of carbonyl (C=O) groups excluding carboxylic acids is 1. The lowest BCUT2D eigenvalue weighted by Crippen LogP contribution is -2.41. The van der Waals surface area contributed by atoms with Crippen molar-refractivity contribution < 1.29 is 9.53 Å². The van der Waals surface area contributed by atoms with Gasteiger partial charge in [-0.1, -0.05) is 6.92 Å². The van der Waals surface area contributed by atoms with Crippen LogP contribution in [0.4, 0.5) is 0 Å². The van der Waals surface area contributed by atoms with E-state index >= 15 is 0 Å². The van der Waals surface area contributed by atoms with E-state index in [1.165, 1.54) is 0 Å². The van der Waals surface area contributed by atoms with Gasteiger partial charge in [0.25, 0.3) is 0 Å². The average molecular weight is 242 g/mol. The van der Waals surface area contributed by atoms with Crippen molar-refractivity contribution >= 4 is 5.91 Å². The number of hydrogen-bond acceptors (Lipinski definition) is 3. The van der Waals surface area contributed by atoms with Crippen LogP contribution in [0.5, 0.6) is 0 Å². The Morgan fingerprint density at radius 2 is 2.18 bits per heavy atom. The van der Waals surface area contributed by atoms with Gasteiger partial charge in [0.15, 0.2) is 0 Å². The van der Waals surface area contributed by atoms with Gasteiger partial charge in [-0.2, -0.15) is 0 Å². The first-order valence-electron chi connectivity index (χ1n) is 6.65. The standard InChI is InChI=1S/C13H26N2O2/c1-9(2)17-7-6-15-13(16)11-4-5-12(14)10(3)8-11/h9-12H,4-8,14H2,1-3H3,(H,15,16). The third kappa shape index (κ3) is 5.04. The number of rotatable bonds is 5. The van der Waals surface area contributed by atoms with Crippen molar-refractivity contribution in [3.8, 4) is 0 Å². The third-order valence-corrected chi connectivity index (χ3v) is 3.46. The van der Waals surface area contributed by atoms with Crippen molar-refractivity contribution in [2.24, 2.45) is 17.6 Å². The number of ether oxygens (including phenoxy) is 1. The zero-order valence-electron chi connectivity index (χ0n) is 11.2. The topological polar surface area (TPSA) is 64.3 Å². The van der Waals surface area contributed by atoms with E-state index < -0.39 is 0 Å². The van der Waals surface area contributed by atoms with Gasteiger partial charge in [-0.25, -0.2) is 0 Å².